The van der Waals surface area contributed by atoms with Crippen LogP contribution in [0.25, 0.3) is 11.0 Å². The van der Waals surface area contributed by atoms with E-state index in [1.807, 2.05) is 6.07 Å². The van der Waals surface area contributed by atoms with E-state index >= 15 is 0 Å². The van der Waals surface area contributed by atoms with Crippen LogP contribution in [0.15, 0.2) is 48.5 Å². The first-order valence-corrected chi connectivity index (χ1v) is 7.11. The number of fused-ring (bicyclic) bond motifs is 3. The van der Waals surface area contributed by atoms with Crippen molar-refractivity contribution in [1.82, 2.24) is 9.55 Å². The first-order valence-electron chi connectivity index (χ1n) is 7.11. The fourth-order valence-electron chi connectivity index (χ4n) is 3.19. The van der Waals surface area contributed by atoms with Crippen molar-refractivity contribution in [1.29, 1.82) is 0 Å². The molecule has 4 rings (SSSR count). The van der Waals surface area contributed by atoms with Crippen molar-refractivity contribution in [2.75, 3.05) is 11.9 Å². The molecule has 3 aromatic rings. The van der Waals surface area contributed by atoms with Crippen LogP contribution >= 0.6 is 0 Å². The van der Waals surface area contributed by atoms with E-state index in [-0.39, 0.29) is 0 Å². The molecule has 20 heavy (non-hydrogen) atoms. The van der Waals surface area contributed by atoms with Gasteiger partial charge in [0, 0.05) is 6.54 Å². The van der Waals surface area contributed by atoms with Crippen molar-refractivity contribution in [3.8, 4) is 0 Å². The van der Waals surface area contributed by atoms with E-state index in [0.717, 1.165) is 24.4 Å². The molecule has 1 atom stereocenters. The number of aryl methyl sites for hydroxylation is 1. The van der Waals surface area contributed by atoms with Crippen molar-refractivity contribution < 1.29 is 0 Å². The summed E-state index contributed by atoms with van der Waals surface area (Å²) < 4.78 is 2.35. The third kappa shape index (κ3) is 1.63. The largest absolute Gasteiger partial charge is 0.356 e. The lowest BCUT2D eigenvalue weighted by Crippen LogP contribution is -2.24. The van der Waals surface area contributed by atoms with Crippen LogP contribution < -0.4 is 5.32 Å². The summed E-state index contributed by atoms with van der Waals surface area (Å²) in [6, 6.07) is 17.4. The van der Waals surface area contributed by atoms with E-state index in [4.69, 9.17) is 4.98 Å². The second-order valence-corrected chi connectivity index (χ2v) is 5.38. The lowest BCUT2D eigenvalue weighted by atomic mass is 9.97. The Hall–Kier alpha value is -2.29. The number of hydrogen-bond donors (Lipinski definition) is 1. The number of rotatable bonds is 1. The summed E-state index contributed by atoms with van der Waals surface area (Å²) in [5.41, 5.74) is 5.03. The third-order valence-corrected chi connectivity index (χ3v) is 4.16. The van der Waals surface area contributed by atoms with Crippen molar-refractivity contribution in [3.05, 3.63) is 59.7 Å². The summed E-state index contributed by atoms with van der Waals surface area (Å²) in [7, 11) is 0. The smallest absolute Gasteiger partial charge is 0.204 e. The molecule has 3 nitrogen and oxygen atoms in total. The summed E-state index contributed by atoms with van der Waals surface area (Å²) in [6.45, 7) is 3.17. The molecule has 0 bridgehead atoms. The van der Waals surface area contributed by atoms with Crippen LogP contribution in [0.1, 0.15) is 23.6 Å². The molecule has 0 saturated carbocycles. The molecule has 100 valence electrons. The van der Waals surface area contributed by atoms with E-state index in [2.05, 4.69) is 59.3 Å². The minimum atomic E-state index is 0.375. The quantitative estimate of drug-likeness (QED) is 0.724. The van der Waals surface area contributed by atoms with Crippen molar-refractivity contribution in [3.63, 3.8) is 0 Å². The summed E-state index contributed by atoms with van der Waals surface area (Å²) in [5.74, 6) is 0.991. The highest BCUT2D eigenvalue weighted by atomic mass is 15.2. The summed E-state index contributed by atoms with van der Waals surface area (Å²) in [4.78, 5) is 4.71. The molecule has 2 aromatic carbocycles. The maximum absolute atomic E-state index is 4.71. The van der Waals surface area contributed by atoms with Crippen molar-refractivity contribution >= 4 is 17.0 Å². The third-order valence-electron chi connectivity index (χ3n) is 4.16. The Morgan fingerprint density at radius 3 is 2.80 bits per heavy atom. The van der Waals surface area contributed by atoms with Gasteiger partial charge in [-0.3, -0.25) is 0 Å². The van der Waals surface area contributed by atoms with Crippen LogP contribution in [0.3, 0.4) is 0 Å². The number of anilines is 1. The first-order chi connectivity index (χ1) is 9.84. The van der Waals surface area contributed by atoms with Crippen LogP contribution in [-0.2, 0) is 0 Å². The molecule has 0 fully saturated rings. The maximum Gasteiger partial charge on any atom is 0.204 e. The Kier molecular flexibility index (Phi) is 2.52. The molecule has 0 radical (unpaired) electrons. The van der Waals surface area contributed by atoms with Gasteiger partial charge in [0.2, 0.25) is 5.95 Å². The summed E-state index contributed by atoms with van der Waals surface area (Å²) >= 11 is 0. The molecule has 0 amide bonds. The van der Waals surface area contributed by atoms with E-state index in [0.29, 0.717) is 6.04 Å². The second kappa shape index (κ2) is 4.37. The molecule has 1 aliphatic heterocycles. The molecular formula is C17H17N3. The van der Waals surface area contributed by atoms with Gasteiger partial charge in [-0.05, 0) is 36.6 Å². The van der Waals surface area contributed by atoms with Crippen molar-refractivity contribution in [2.24, 2.45) is 0 Å². The highest BCUT2D eigenvalue weighted by molar-refractivity contribution is 5.79. The van der Waals surface area contributed by atoms with Crippen LogP contribution in [0.5, 0.6) is 0 Å². The fraction of sp³-hybridized carbons (Fsp3) is 0.235. The van der Waals surface area contributed by atoms with Gasteiger partial charge in [-0.2, -0.15) is 0 Å². The minimum Gasteiger partial charge on any atom is -0.356 e. The van der Waals surface area contributed by atoms with Crippen molar-refractivity contribution in [2.45, 2.75) is 19.4 Å². The van der Waals surface area contributed by atoms with Crippen LogP contribution in [0.2, 0.25) is 0 Å². The molecule has 0 saturated heterocycles. The lowest BCUT2D eigenvalue weighted by Gasteiger charge is -2.28. The summed E-state index contributed by atoms with van der Waals surface area (Å²) in [5, 5.41) is 3.42. The number of imidazole rings is 1. The van der Waals surface area contributed by atoms with Gasteiger partial charge in [-0.1, -0.05) is 36.4 Å². The average molecular weight is 263 g/mol. The molecule has 2 heterocycles. The minimum absolute atomic E-state index is 0.375. The predicted octanol–water partition coefficient (Wildman–Crippen LogP) is 3.75. The Labute approximate surface area is 118 Å². The van der Waals surface area contributed by atoms with Gasteiger partial charge in [-0.25, -0.2) is 4.98 Å². The standard InChI is InChI=1S/C17H17N3/c1-12-6-2-3-7-13(12)15-10-11-18-17-19-14-8-4-5-9-16(14)20(15)17/h2-9,15H,10-11H2,1H3,(H,18,19). The number of nitrogens with zero attached hydrogens (tertiary/aromatic N) is 2. The van der Waals surface area contributed by atoms with E-state index in [1.165, 1.54) is 16.6 Å². The molecule has 1 unspecified atom stereocenters. The van der Waals surface area contributed by atoms with Crippen LogP contribution in [0, 0.1) is 6.92 Å². The van der Waals surface area contributed by atoms with Gasteiger partial charge in [-0.15, -0.1) is 0 Å². The molecular weight excluding hydrogens is 246 g/mol. The van der Waals surface area contributed by atoms with Crippen LogP contribution in [-0.4, -0.2) is 16.1 Å². The number of aromatic nitrogens is 2. The Bertz CT molecular complexity index is 773. The monoisotopic (exact) mass is 263 g/mol. The zero-order valence-electron chi connectivity index (χ0n) is 11.5. The number of benzene rings is 2. The Morgan fingerprint density at radius 1 is 1.10 bits per heavy atom. The van der Waals surface area contributed by atoms with E-state index < -0.39 is 0 Å². The van der Waals surface area contributed by atoms with Gasteiger partial charge < -0.3 is 9.88 Å². The Balaban J connectivity index is 1.96. The Morgan fingerprint density at radius 2 is 1.90 bits per heavy atom. The van der Waals surface area contributed by atoms with Gasteiger partial charge in [0.15, 0.2) is 0 Å². The topological polar surface area (TPSA) is 29.9 Å². The normalized spacial score (nSPS) is 17.8. The predicted molar refractivity (Wildman–Crippen MR) is 82.2 cm³/mol. The van der Waals surface area contributed by atoms with Gasteiger partial charge in [0.1, 0.15) is 0 Å². The number of nitrogens with one attached hydrogen (secondary N) is 1. The van der Waals surface area contributed by atoms with Gasteiger partial charge in [0.25, 0.3) is 0 Å². The highest BCUT2D eigenvalue weighted by Gasteiger charge is 2.25. The molecule has 3 heteroatoms. The van der Waals surface area contributed by atoms with Crippen LogP contribution in [0.4, 0.5) is 5.95 Å². The van der Waals surface area contributed by atoms with Gasteiger partial charge in [0.05, 0.1) is 17.1 Å². The molecule has 1 N–H and O–H groups in total. The van der Waals surface area contributed by atoms with Gasteiger partial charge >= 0.3 is 0 Å². The molecule has 0 spiro atoms. The molecule has 1 aromatic heterocycles. The number of para-hydroxylation sites is 2. The average Bonchev–Trinajstić information content (AvgIpc) is 2.86. The maximum atomic E-state index is 4.71. The zero-order chi connectivity index (χ0) is 13.5. The molecule has 1 aliphatic rings. The zero-order valence-corrected chi connectivity index (χ0v) is 11.5. The van der Waals surface area contributed by atoms with E-state index in [1.54, 1.807) is 0 Å². The second-order valence-electron chi connectivity index (χ2n) is 5.38. The number of hydrogen-bond acceptors (Lipinski definition) is 2. The SMILES string of the molecule is Cc1ccccc1C1CCNc2nc3ccccc3n21. The summed E-state index contributed by atoms with van der Waals surface area (Å²) in [6.07, 6.45) is 1.10. The lowest BCUT2D eigenvalue weighted by molar-refractivity contribution is 0.541. The first kappa shape index (κ1) is 11.5. The molecule has 0 aliphatic carbocycles. The van der Waals surface area contributed by atoms with E-state index in [9.17, 15) is 0 Å². The fourth-order valence-corrected chi connectivity index (χ4v) is 3.19. The highest BCUT2D eigenvalue weighted by Crippen LogP contribution is 2.34.